The maximum absolute atomic E-state index is 4.83. The molecule has 0 atom stereocenters. The van der Waals surface area contributed by atoms with Gasteiger partial charge in [-0.3, -0.25) is 5.10 Å². The molecule has 0 radical (unpaired) electrons. The molecule has 0 bridgehead atoms. The van der Waals surface area contributed by atoms with E-state index in [9.17, 15) is 0 Å². The zero-order valence-electron chi connectivity index (χ0n) is 14.5. The van der Waals surface area contributed by atoms with Crippen LogP contribution in [0, 0.1) is 6.92 Å². The van der Waals surface area contributed by atoms with Crippen molar-refractivity contribution >= 4 is 17.9 Å². The number of aromatic nitrogens is 5. The molecule has 5 rings (SSSR count). The van der Waals surface area contributed by atoms with Crippen molar-refractivity contribution in [1.82, 2.24) is 25.1 Å². The number of H-pyrrole nitrogens is 1. The summed E-state index contributed by atoms with van der Waals surface area (Å²) in [4.78, 5) is 18.1. The third-order valence-electron chi connectivity index (χ3n) is 5.24. The molecule has 1 spiro atoms. The van der Waals surface area contributed by atoms with E-state index in [0.29, 0.717) is 5.82 Å². The van der Waals surface area contributed by atoms with E-state index in [1.807, 2.05) is 12.3 Å². The molecule has 1 aliphatic heterocycles. The second kappa shape index (κ2) is 5.72. The lowest BCUT2D eigenvalue weighted by atomic mass is 9.98. The zero-order chi connectivity index (χ0) is 17.6. The van der Waals surface area contributed by atoms with E-state index in [0.717, 1.165) is 46.9 Å². The summed E-state index contributed by atoms with van der Waals surface area (Å²) in [7, 11) is 0. The first-order valence-corrected chi connectivity index (χ1v) is 8.90. The Labute approximate surface area is 151 Å². The van der Waals surface area contributed by atoms with Crippen molar-refractivity contribution in [3.63, 3.8) is 0 Å². The first-order chi connectivity index (χ1) is 12.7. The summed E-state index contributed by atoms with van der Waals surface area (Å²) >= 11 is 0. The Bertz CT molecular complexity index is 985. The summed E-state index contributed by atoms with van der Waals surface area (Å²) in [6, 6.07) is 6.16. The van der Waals surface area contributed by atoms with Crippen molar-refractivity contribution in [3.8, 4) is 22.6 Å². The van der Waals surface area contributed by atoms with E-state index in [1.54, 1.807) is 6.20 Å². The first kappa shape index (κ1) is 15.2. The number of rotatable bonds is 2. The molecule has 0 saturated heterocycles. The minimum Gasteiger partial charge on any atom is -0.356 e. The van der Waals surface area contributed by atoms with Crippen molar-refractivity contribution in [2.24, 2.45) is 4.99 Å². The molecule has 2 N–H and O–H groups in total. The van der Waals surface area contributed by atoms with Crippen LogP contribution in [-0.4, -0.2) is 36.9 Å². The van der Waals surface area contributed by atoms with Gasteiger partial charge in [0.1, 0.15) is 6.33 Å². The smallest absolute Gasteiger partial charge is 0.195 e. The topological polar surface area (TPSA) is 91.7 Å². The summed E-state index contributed by atoms with van der Waals surface area (Å²) in [5.41, 5.74) is 3.99. The van der Waals surface area contributed by atoms with E-state index in [2.05, 4.69) is 49.5 Å². The Morgan fingerprint density at radius 3 is 2.77 bits per heavy atom. The molecular formula is C19H19N7. The van der Waals surface area contributed by atoms with E-state index >= 15 is 0 Å². The quantitative estimate of drug-likeness (QED) is 0.739. The Balaban J connectivity index is 1.51. The van der Waals surface area contributed by atoms with Gasteiger partial charge in [-0.2, -0.15) is 5.10 Å². The molecule has 3 aromatic rings. The number of anilines is 1. The van der Waals surface area contributed by atoms with Crippen LogP contribution in [0.15, 0.2) is 35.7 Å². The maximum Gasteiger partial charge on any atom is 0.195 e. The maximum atomic E-state index is 4.83. The highest BCUT2D eigenvalue weighted by Crippen LogP contribution is 2.38. The summed E-state index contributed by atoms with van der Waals surface area (Å²) in [6.07, 6.45) is 9.99. The molecule has 130 valence electrons. The third kappa shape index (κ3) is 2.47. The molecule has 26 heavy (non-hydrogen) atoms. The Morgan fingerprint density at radius 1 is 1.12 bits per heavy atom. The van der Waals surface area contributed by atoms with Gasteiger partial charge in [-0.15, -0.1) is 0 Å². The standard InChI is InChI=1S/C19H19N7/c1-12-8-13(16-22-11-23-26-16)4-5-14(12)15-9-20-17-18(24-15)25-19(10-21-17)6-2-3-7-19/h4-5,8-11H,2-3,6-7H2,1H3,(H,24,25)(H,22,23,26). The first-order valence-electron chi connectivity index (χ1n) is 8.90. The van der Waals surface area contributed by atoms with Gasteiger partial charge in [-0.25, -0.2) is 19.9 Å². The summed E-state index contributed by atoms with van der Waals surface area (Å²) in [6.45, 7) is 2.07. The number of aliphatic imine (C=N–C) groups is 1. The van der Waals surface area contributed by atoms with Gasteiger partial charge in [0.2, 0.25) is 0 Å². The highest BCUT2D eigenvalue weighted by Gasteiger charge is 2.35. The lowest BCUT2D eigenvalue weighted by Crippen LogP contribution is -2.39. The van der Waals surface area contributed by atoms with Gasteiger partial charge < -0.3 is 5.32 Å². The fourth-order valence-electron chi connectivity index (χ4n) is 3.85. The van der Waals surface area contributed by atoms with Crippen LogP contribution in [0.25, 0.3) is 22.6 Å². The van der Waals surface area contributed by atoms with Crippen molar-refractivity contribution in [3.05, 3.63) is 36.3 Å². The monoisotopic (exact) mass is 345 g/mol. The second-order valence-corrected chi connectivity index (χ2v) is 7.04. The number of hydrogen-bond donors (Lipinski definition) is 2. The highest BCUT2D eigenvalue weighted by atomic mass is 15.2. The number of benzene rings is 1. The van der Waals surface area contributed by atoms with Crippen LogP contribution in [0.4, 0.5) is 11.6 Å². The van der Waals surface area contributed by atoms with E-state index < -0.39 is 0 Å². The number of aryl methyl sites for hydroxylation is 1. The van der Waals surface area contributed by atoms with Crippen LogP contribution in [0.3, 0.4) is 0 Å². The van der Waals surface area contributed by atoms with E-state index in [1.165, 1.54) is 19.2 Å². The van der Waals surface area contributed by atoms with E-state index in [-0.39, 0.29) is 5.54 Å². The molecular weight excluding hydrogens is 326 g/mol. The molecule has 0 unspecified atom stereocenters. The fourth-order valence-corrected chi connectivity index (χ4v) is 3.85. The molecule has 2 aromatic heterocycles. The lowest BCUT2D eigenvalue weighted by Gasteiger charge is -2.30. The summed E-state index contributed by atoms with van der Waals surface area (Å²) in [5.74, 6) is 2.21. The predicted octanol–water partition coefficient (Wildman–Crippen LogP) is 3.68. The molecule has 3 heterocycles. The van der Waals surface area contributed by atoms with Crippen molar-refractivity contribution in [2.75, 3.05) is 5.32 Å². The van der Waals surface area contributed by atoms with Crippen LogP contribution >= 0.6 is 0 Å². The van der Waals surface area contributed by atoms with Crippen LogP contribution in [0.2, 0.25) is 0 Å². The van der Waals surface area contributed by atoms with Gasteiger partial charge in [-0.1, -0.05) is 25.0 Å². The van der Waals surface area contributed by atoms with E-state index in [4.69, 9.17) is 4.98 Å². The molecule has 7 nitrogen and oxygen atoms in total. The van der Waals surface area contributed by atoms with Crippen LogP contribution in [0.5, 0.6) is 0 Å². The van der Waals surface area contributed by atoms with Gasteiger partial charge in [-0.05, 0) is 31.4 Å². The minimum absolute atomic E-state index is 0.0362. The second-order valence-electron chi connectivity index (χ2n) is 7.04. The lowest BCUT2D eigenvalue weighted by molar-refractivity contribution is 0.642. The van der Waals surface area contributed by atoms with Gasteiger partial charge in [0, 0.05) is 17.3 Å². The van der Waals surface area contributed by atoms with Gasteiger partial charge in [0.05, 0.1) is 17.4 Å². The van der Waals surface area contributed by atoms with Crippen molar-refractivity contribution in [2.45, 2.75) is 38.1 Å². The third-order valence-corrected chi connectivity index (χ3v) is 5.24. The van der Waals surface area contributed by atoms with Crippen molar-refractivity contribution < 1.29 is 0 Å². The average Bonchev–Trinajstić information content (AvgIpc) is 3.34. The van der Waals surface area contributed by atoms with Crippen LogP contribution in [0.1, 0.15) is 31.2 Å². The minimum atomic E-state index is -0.0362. The Kier molecular flexibility index (Phi) is 3.34. The largest absolute Gasteiger partial charge is 0.356 e. The number of nitrogens with zero attached hydrogens (tertiary/aromatic N) is 5. The predicted molar refractivity (Wildman–Crippen MR) is 101 cm³/mol. The average molecular weight is 345 g/mol. The Morgan fingerprint density at radius 2 is 2.00 bits per heavy atom. The molecule has 1 aromatic carbocycles. The number of hydrogen-bond acceptors (Lipinski definition) is 6. The number of aromatic amines is 1. The molecule has 2 aliphatic rings. The molecule has 7 heteroatoms. The SMILES string of the molecule is Cc1cc(-c2ncn[nH]2)ccc1-c1cnc2c(n1)NC1(C=N2)CCCC1. The highest BCUT2D eigenvalue weighted by molar-refractivity contribution is 5.85. The summed E-state index contributed by atoms with van der Waals surface area (Å²) < 4.78 is 0. The molecule has 1 aliphatic carbocycles. The van der Waals surface area contributed by atoms with Crippen LogP contribution in [-0.2, 0) is 0 Å². The molecule has 1 fully saturated rings. The van der Waals surface area contributed by atoms with Gasteiger partial charge in [0.25, 0.3) is 0 Å². The summed E-state index contributed by atoms with van der Waals surface area (Å²) in [5, 5.41) is 10.4. The normalized spacial score (nSPS) is 17.3. The zero-order valence-corrected chi connectivity index (χ0v) is 14.5. The number of fused-ring (bicyclic) bond motifs is 1. The van der Waals surface area contributed by atoms with Crippen molar-refractivity contribution in [1.29, 1.82) is 0 Å². The molecule has 0 amide bonds. The molecule has 1 saturated carbocycles. The van der Waals surface area contributed by atoms with Gasteiger partial charge >= 0.3 is 0 Å². The fraction of sp³-hybridized carbons (Fsp3) is 0.316. The van der Waals surface area contributed by atoms with Gasteiger partial charge in [0.15, 0.2) is 17.5 Å². The number of nitrogens with one attached hydrogen (secondary N) is 2. The van der Waals surface area contributed by atoms with Crippen LogP contribution < -0.4 is 5.32 Å². The Hall–Kier alpha value is -3.09.